The normalized spacial score (nSPS) is 11.1. The van der Waals surface area contributed by atoms with Gasteiger partial charge in [0.15, 0.2) is 0 Å². The van der Waals surface area contributed by atoms with Crippen molar-refractivity contribution in [2.75, 3.05) is 0 Å². The summed E-state index contributed by atoms with van der Waals surface area (Å²) in [5.41, 5.74) is 4.93. The number of fused-ring (bicyclic) bond motifs is 1. The second kappa shape index (κ2) is 6.04. The van der Waals surface area contributed by atoms with E-state index in [4.69, 9.17) is 0 Å². The molecule has 0 unspecified atom stereocenters. The Bertz CT molecular complexity index is 725. The van der Waals surface area contributed by atoms with Gasteiger partial charge in [0.2, 0.25) is 0 Å². The van der Waals surface area contributed by atoms with Gasteiger partial charge in [-0.25, -0.2) is 0 Å². The zero-order valence-corrected chi connectivity index (χ0v) is 12.4. The first-order chi connectivity index (χ1) is 10.3. The van der Waals surface area contributed by atoms with Crippen LogP contribution in [0.4, 0.5) is 0 Å². The summed E-state index contributed by atoms with van der Waals surface area (Å²) in [5, 5.41) is 10.8. The smallest absolute Gasteiger partial charge is 0.115 e. The summed E-state index contributed by atoms with van der Waals surface area (Å²) in [4.78, 5) is 3.57. The first-order valence-electron chi connectivity index (χ1n) is 7.68. The van der Waals surface area contributed by atoms with E-state index < -0.39 is 0 Å². The van der Waals surface area contributed by atoms with Crippen LogP contribution in [0.3, 0.4) is 0 Å². The number of aryl methyl sites for hydroxylation is 1. The summed E-state index contributed by atoms with van der Waals surface area (Å²) >= 11 is 0. The minimum atomic E-state index is 0.311. The Morgan fingerprint density at radius 2 is 1.71 bits per heavy atom. The lowest BCUT2D eigenvalue weighted by atomic mass is 9.99. The van der Waals surface area contributed by atoms with Crippen LogP contribution in [0.5, 0.6) is 5.75 Å². The second-order valence-electron chi connectivity index (χ2n) is 5.53. The van der Waals surface area contributed by atoms with Crippen LogP contribution < -0.4 is 0 Å². The lowest BCUT2D eigenvalue weighted by Crippen LogP contribution is -1.89. The van der Waals surface area contributed by atoms with Gasteiger partial charge in [-0.2, -0.15) is 0 Å². The van der Waals surface area contributed by atoms with E-state index in [2.05, 4.69) is 36.2 Å². The Morgan fingerprint density at radius 3 is 2.48 bits per heavy atom. The molecule has 21 heavy (non-hydrogen) atoms. The van der Waals surface area contributed by atoms with Crippen molar-refractivity contribution in [1.29, 1.82) is 0 Å². The van der Waals surface area contributed by atoms with Crippen molar-refractivity contribution >= 4 is 10.9 Å². The Balaban J connectivity index is 2.08. The third kappa shape index (κ3) is 2.80. The molecular weight excluding hydrogens is 258 g/mol. The number of rotatable bonds is 5. The highest BCUT2D eigenvalue weighted by molar-refractivity contribution is 5.97. The molecule has 0 fully saturated rings. The average molecular weight is 279 g/mol. The molecule has 2 nitrogen and oxygen atoms in total. The van der Waals surface area contributed by atoms with Gasteiger partial charge in [0.25, 0.3) is 0 Å². The molecule has 0 spiro atoms. The zero-order chi connectivity index (χ0) is 14.7. The zero-order valence-electron chi connectivity index (χ0n) is 12.4. The Kier molecular flexibility index (Phi) is 3.96. The monoisotopic (exact) mass is 279 g/mol. The minimum Gasteiger partial charge on any atom is -0.508 e. The second-order valence-corrected chi connectivity index (χ2v) is 5.53. The van der Waals surface area contributed by atoms with Crippen LogP contribution in [0.25, 0.3) is 22.0 Å². The van der Waals surface area contributed by atoms with Crippen molar-refractivity contribution in [3.05, 3.63) is 54.2 Å². The molecule has 0 radical (unpaired) electrons. The standard InChI is InChI=1S/C19H21NO/c1-2-3-4-9-18-19(14-10-12-15(21)13-11-14)16-7-5-6-8-17(16)20-18/h5-8,10-13,20-21H,2-4,9H2,1H3. The number of benzene rings is 2. The number of hydrogen-bond donors (Lipinski definition) is 2. The number of nitrogens with one attached hydrogen (secondary N) is 1. The highest BCUT2D eigenvalue weighted by atomic mass is 16.3. The summed E-state index contributed by atoms with van der Waals surface area (Å²) in [5.74, 6) is 0.311. The molecular formula is C19H21NO. The highest BCUT2D eigenvalue weighted by Gasteiger charge is 2.12. The van der Waals surface area contributed by atoms with Gasteiger partial charge in [0.1, 0.15) is 5.75 Å². The van der Waals surface area contributed by atoms with E-state index in [1.165, 1.54) is 41.4 Å². The fraction of sp³-hybridized carbons (Fsp3) is 0.263. The lowest BCUT2D eigenvalue weighted by molar-refractivity contribution is 0.475. The molecule has 2 aromatic carbocycles. The predicted molar refractivity (Wildman–Crippen MR) is 88.6 cm³/mol. The lowest BCUT2D eigenvalue weighted by Gasteiger charge is -2.05. The van der Waals surface area contributed by atoms with Gasteiger partial charge < -0.3 is 10.1 Å². The van der Waals surface area contributed by atoms with Crippen LogP contribution in [-0.2, 0) is 6.42 Å². The number of phenols is 1. The Morgan fingerprint density at radius 1 is 0.952 bits per heavy atom. The van der Waals surface area contributed by atoms with E-state index in [9.17, 15) is 5.11 Å². The predicted octanol–water partition coefficient (Wildman–Crippen LogP) is 5.27. The number of aromatic amines is 1. The number of H-pyrrole nitrogens is 1. The van der Waals surface area contributed by atoms with E-state index in [0.717, 1.165) is 12.0 Å². The van der Waals surface area contributed by atoms with Crippen LogP contribution in [0.15, 0.2) is 48.5 Å². The van der Waals surface area contributed by atoms with Gasteiger partial charge in [0.05, 0.1) is 0 Å². The number of aromatic hydroxyl groups is 1. The van der Waals surface area contributed by atoms with E-state index in [-0.39, 0.29) is 0 Å². The Labute approximate surface area is 125 Å². The van der Waals surface area contributed by atoms with Crippen molar-refractivity contribution in [1.82, 2.24) is 4.98 Å². The summed E-state index contributed by atoms with van der Waals surface area (Å²) in [6.07, 6.45) is 4.76. The van der Waals surface area contributed by atoms with Crippen LogP contribution >= 0.6 is 0 Å². The Hall–Kier alpha value is -2.22. The maximum atomic E-state index is 9.50. The molecule has 108 valence electrons. The SMILES string of the molecule is CCCCCc1[nH]c2ccccc2c1-c1ccc(O)cc1. The van der Waals surface area contributed by atoms with Gasteiger partial charge in [0, 0.05) is 22.2 Å². The van der Waals surface area contributed by atoms with E-state index in [1.807, 2.05) is 12.1 Å². The molecule has 0 bridgehead atoms. The fourth-order valence-corrected chi connectivity index (χ4v) is 2.89. The van der Waals surface area contributed by atoms with Gasteiger partial charge >= 0.3 is 0 Å². The van der Waals surface area contributed by atoms with E-state index in [0.29, 0.717) is 5.75 Å². The van der Waals surface area contributed by atoms with Gasteiger partial charge in [-0.15, -0.1) is 0 Å². The molecule has 2 N–H and O–H groups in total. The average Bonchev–Trinajstić information content (AvgIpc) is 2.87. The van der Waals surface area contributed by atoms with Gasteiger partial charge in [-0.1, -0.05) is 50.1 Å². The van der Waals surface area contributed by atoms with Crippen molar-refractivity contribution in [2.24, 2.45) is 0 Å². The summed E-state index contributed by atoms with van der Waals surface area (Å²) in [6, 6.07) is 15.9. The number of aromatic nitrogens is 1. The molecule has 0 aliphatic rings. The minimum absolute atomic E-state index is 0.311. The van der Waals surface area contributed by atoms with Gasteiger partial charge in [-0.3, -0.25) is 0 Å². The molecule has 0 aliphatic heterocycles. The maximum Gasteiger partial charge on any atom is 0.115 e. The van der Waals surface area contributed by atoms with Crippen LogP contribution in [-0.4, -0.2) is 10.1 Å². The van der Waals surface area contributed by atoms with E-state index in [1.54, 1.807) is 12.1 Å². The maximum absolute atomic E-state index is 9.50. The molecule has 1 aromatic heterocycles. The van der Waals surface area contributed by atoms with E-state index >= 15 is 0 Å². The highest BCUT2D eigenvalue weighted by Crippen LogP contribution is 2.34. The third-order valence-corrected chi connectivity index (χ3v) is 3.97. The molecule has 1 heterocycles. The number of para-hydroxylation sites is 1. The molecule has 2 heteroatoms. The molecule has 0 aliphatic carbocycles. The topological polar surface area (TPSA) is 36.0 Å². The molecule has 0 amide bonds. The summed E-state index contributed by atoms with van der Waals surface area (Å²) in [7, 11) is 0. The quantitative estimate of drug-likeness (QED) is 0.613. The summed E-state index contributed by atoms with van der Waals surface area (Å²) in [6.45, 7) is 2.23. The molecule has 0 saturated carbocycles. The van der Waals surface area contributed by atoms with Crippen molar-refractivity contribution in [2.45, 2.75) is 32.6 Å². The van der Waals surface area contributed by atoms with Crippen LogP contribution in [0, 0.1) is 0 Å². The fourth-order valence-electron chi connectivity index (χ4n) is 2.89. The van der Waals surface area contributed by atoms with Crippen molar-refractivity contribution in [3.63, 3.8) is 0 Å². The first kappa shape index (κ1) is 13.7. The number of phenolic OH excluding ortho intramolecular Hbond substituents is 1. The third-order valence-electron chi connectivity index (χ3n) is 3.97. The molecule has 3 aromatic rings. The molecule has 3 rings (SSSR count). The van der Waals surface area contributed by atoms with Gasteiger partial charge in [-0.05, 0) is 36.6 Å². The summed E-state index contributed by atoms with van der Waals surface area (Å²) < 4.78 is 0. The van der Waals surface area contributed by atoms with Crippen molar-refractivity contribution in [3.8, 4) is 16.9 Å². The molecule has 0 saturated heterocycles. The number of unbranched alkanes of at least 4 members (excludes halogenated alkanes) is 2. The van der Waals surface area contributed by atoms with Crippen molar-refractivity contribution < 1.29 is 5.11 Å². The first-order valence-corrected chi connectivity index (χ1v) is 7.68. The molecule has 0 atom stereocenters. The largest absolute Gasteiger partial charge is 0.508 e. The number of hydrogen-bond acceptors (Lipinski definition) is 1. The van der Waals surface area contributed by atoms with Crippen LogP contribution in [0.1, 0.15) is 31.9 Å². The van der Waals surface area contributed by atoms with Crippen LogP contribution in [0.2, 0.25) is 0 Å².